The van der Waals surface area contributed by atoms with Gasteiger partial charge in [0, 0.05) is 50.9 Å². The summed E-state index contributed by atoms with van der Waals surface area (Å²) in [4.78, 5) is 18.4. The number of carbonyl (C=O) groups excluding carboxylic acids is 1. The van der Waals surface area contributed by atoms with Crippen molar-refractivity contribution in [1.82, 2.24) is 16.0 Å². The smallest absolute Gasteiger partial charge is 0.251 e. The fraction of sp³-hybridized carbons (Fsp3) is 0.391. The summed E-state index contributed by atoms with van der Waals surface area (Å²) >= 11 is 0. The Balaban J connectivity index is 0.00000363. The summed E-state index contributed by atoms with van der Waals surface area (Å²) in [5.74, 6) is -0.516. The van der Waals surface area contributed by atoms with Gasteiger partial charge in [0.15, 0.2) is 5.96 Å². The summed E-state index contributed by atoms with van der Waals surface area (Å²) in [5.41, 5.74) is 2.09. The summed E-state index contributed by atoms with van der Waals surface area (Å²) in [6, 6.07) is 11.3. The number of halogens is 3. The first-order valence-electron chi connectivity index (χ1n) is 10.6. The highest BCUT2D eigenvalue weighted by atomic mass is 127. The molecule has 0 saturated carbocycles. The number of guanidine groups is 1. The molecule has 3 rings (SSSR count). The maximum atomic E-state index is 14.1. The largest absolute Gasteiger partial charge is 0.367 e. The van der Waals surface area contributed by atoms with E-state index in [0.717, 1.165) is 24.6 Å². The Bertz CT molecular complexity index is 940. The monoisotopic (exact) mass is 557 g/mol. The Morgan fingerprint density at radius 1 is 1.22 bits per heavy atom. The van der Waals surface area contributed by atoms with Gasteiger partial charge in [-0.2, -0.15) is 0 Å². The summed E-state index contributed by atoms with van der Waals surface area (Å²) in [6.45, 7) is 4.59. The molecule has 2 aromatic carbocycles. The molecule has 32 heavy (non-hydrogen) atoms. The number of rotatable bonds is 7. The van der Waals surface area contributed by atoms with Crippen molar-refractivity contribution >= 4 is 41.5 Å². The Morgan fingerprint density at radius 2 is 2.03 bits per heavy atom. The molecule has 174 valence electrons. The number of aliphatic imine (C=N–C) groups is 1. The van der Waals surface area contributed by atoms with Crippen molar-refractivity contribution < 1.29 is 13.6 Å². The minimum atomic E-state index is -0.572. The summed E-state index contributed by atoms with van der Waals surface area (Å²) in [5, 5.41) is 9.28. The highest BCUT2D eigenvalue weighted by Crippen LogP contribution is 2.24. The van der Waals surface area contributed by atoms with Crippen molar-refractivity contribution in [3.63, 3.8) is 0 Å². The Kier molecular flexibility index (Phi) is 10.1. The molecule has 3 N–H and O–H groups in total. The molecule has 1 unspecified atom stereocenters. The molecule has 1 atom stereocenters. The van der Waals surface area contributed by atoms with E-state index >= 15 is 0 Å². The molecule has 2 aromatic rings. The number of nitrogens with zero attached hydrogens (tertiary/aromatic N) is 2. The van der Waals surface area contributed by atoms with Crippen LogP contribution < -0.4 is 20.9 Å². The summed E-state index contributed by atoms with van der Waals surface area (Å²) in [6.07, 6.45) is 1.54. The normalized spacial score (nSPS) is 15.8. The van der Waals surface area contributed by atoms with Crippen LogP contribution in [0.5, 0.6) is 0 Å². The molecular weight excluding hydrogens is 527 g/mol. The predicted octanol–water partition coefficient (Wildman–Crippen LogP) is 3.32. The maximum absolute atomic E-state index is 14.1. The molecule has 1 fully saturated rings. The van der Waals surface area contributed by atoms with Crippen LogP contribution in [0.2, 0.25) is 0 Å². The van der Waals surface area contributed by atoms with Gasteiger partial charge in [0.2, 0.25) is 0 Å². The molecule has 0 bridgehead atoms. The molecule has 1 aliphatic heterocycles. The first-order chi connectivity index (χ1) is 15.0. The van der Waals surface area contributed by atoms with Gasteiger partial charge in [-0.15, -0.1) is 24.0 Å². The van der Waals surface area contributed by atoms with Crippen molar-refractivity contribution in [3.05, 3.63) is 65.2 Å². The third-order valence-corrected chi connectivity index (χ3v) is 5.21. The molecule has 1 aliphatic rings. The quantitative estimate of drug-likeness (QED) is 0.278. The fourth-order valence-electron chi connectivity index (χ4n) is 3.66. The third kappa shape index (κ3) is 7.04. The minimum Gasteiger partial charge on any atom is -0.367 e. The molecular formula is C23H30F2IN5O. The van der Waals surface area contributed by atoms with Gasteiger partial charge in [-0.25, -0.2) is 8.78 Å². The molecule has 6 nitrogen and oxygen atoms in total. The number of nitrogens with one attached hydrogen (secondary N) is 3. The molecule has 0 radical (unpaired) electrons. The van der Waals surface area contributed by atoms with Gasteiger partial charge in [-0.3, -0.25) is 9.79 Å². The second-order valence-electron chi connectivity index (χ2n) is 7.46. The molecule has 0 aliphatic carbocycles. The molecule has 0 aromatic heterocycles. The number of amides is 1. The van der Waals surface area contributed by atoms with E-state index in [-0.39, 0.29) is 35.9 Å². The minimum absolute atomic E-state index is 0. The first kappa shape index (κ1) is 25.8. The lowest BCUT2D eigenvalue weighted by atomic mass is 10.1. The third-order valence-electron chi connectivity index (χ3n) is 5.21. The number of benzene rings is 2. The van der Waals surface area contributed by atoms with Crippen LogP contribution in [0.1, 0.15) is 29.3 Å². The van der Waals surface area contributed by atoms with Crippen LogP contribution in [0, 0.1) is 11.6 Å². The van der Waals surface area contributed by atoms with Gasteiger partial charge in [-0.1, -0.05) is 12.1 Å². The standard InChI is InChI=1S/C23H29F2N5O.HI/c1-3-27-23(28-11-9-16-5-4-6-17(13-16)22(31)26-2)29-19-10-12-30(15-19)21-8-7-18(24)14-20(21)25;/h4-8,13-14,19H,3,9-12,15H2,1-2H3,(H,26,31)(H2,27,28,29);1H. The summed E-state index contributed by atoms with van der Waals surface area (Å²) in [7, 11) is 1.61. The maximum Gasteiger partial charge on any atom is 0.251 e. The van der Waals surface area contributed by atoms with Gasteiger partial charge < -0.3 is 20.9 Å². The van der Waals surface area contributed by atoms with Crippen molar-refractivity contribution in [2.75, 3.05) is 38.1 Å². The van der Waals surface area contributed by atoms with Gasteiger partial charge >= 0.3 is 0 Å². The van der Waals surface area contributed by atoms with Crippen molar-refractivity contribution in [3.8, 4) is 0 Å². The molecule has 1 saturated heterocycles. The van der Waals surface area contributed by atoms with E-state index in [1.165, 1.54) is 12.1 Å². The lowest BCUT2D eigenvalue weighted by Gasteiger charge is -2.21. The van der Waals surface area contributed by atoms with E-state index in [4.69, 9.17) is 0 Å². The van der Waals surface area contributed by atoms with E-state index in [0.29, 0.717) is 43.3 Å². The van der Waals surface area contributed by atoms with Crippen LogP contribution in [0.25, 0.3) is 0 Å². The average molecular weight is 557 g/mol. The van der Waals surface area contributed by atoms with E-state index in [1.54, 1.807) is 13.1 Å². The zero-order chi connectivity index (χ0) is 22.2. The zero-order valence-corrected chi connectivity index (χ0v) is 20.7. The lowest BCUT2D eigenvalue weighted by Crippen LogP contribution is -2.44. The van der Waals surface area contributed by atoms with Crippen LogP contribution in [0.3, 0.4) is 0 Å². The van der Waals surface area contributed by atoms with E-state index in [9.17, 15) is 13.6 Å². The van der Waals surface area contributed by atoms with E-state index in [1.807, 2.05) is 30.0 Å². The van der Waals surface area contributed by atoms with Crippen LogP contribution in [0.4, 0.5) is 14.5 Å². The van der Waals surface area contributed by atoms with Gasteiger partial charge in [0.05, 0.1) is 5.69 Å². The Hall–Kier alpha value is -2.43. The van der Waals surface area contributed by atoms with E-state index in [2.05, 4.69) is 20.9 Å². The first-order valence-corrected chi connectivity index (χ1v) is 10.6. The van der Waals surface area contributed by atoms with Crippen LogP contribution >= 0.6 is 24.0 Å². The van der Waals surface area contributed by atoms with Gasteiger partial charge in [0.1, 0.15) is 11.6 Å². The topological polar surface area (TPSA) is 68.8 Å². The Labute approximate surface area is 204 Å². The van der Waals surface area contributed by atoms with Crippen LogP contribution in [-0.4, -0.2) is 51.1 Å². The molecule has 1 heterocycles. The highest BCUT2D eigenvalue weighted by molar-refractivity contribution is 14.0. The Morgan fingerprint density at radius 3 is 2.75 bits per heavy atom. The van der Waals surface area contributed by atoms with Crippen LogP contribution in [0.15, 0.2) is 47.5 Å². The van der Waals surface area contributed by atoms with Crippen molar-refractivity contribution in [2.45, 2.75) is 25.8 Å². The molecule has 0 spiro atoms. The highest BCUT2D eigenvalue weighted by Gasteiger charge is 2.25. The lowest BCUT2D eigenvalue weighted by molar-refractivity contribution is 0.0963. The summed E-state index contributed by atoms with van der Waals surface area (Å²) < 4.78 is 27.3. The number of hydrogen-bond acceptors (Lipinski definition) is 3. The van der Waals surface area contributed by atoms with Crippen LogP contribution in [-0.2, 0) is 6.42 Å². The second-order valence-corrected chi connectivity index (χ2v) is 7.46. The van der Waals surface area contributed by atoms with Crippen molar-refractivity contribution in [2.24, 2.45) is 4.99 Å². The number of carbonyl (C=O) groups is 1. The van der Waals surface area contributed by atoms with Gasteiger partial charge in [0.25, 0.3) is 5.91 Å². The molecule has 1 amide bonds. The zero-order valence-electron chi connectivity index (χ0n) is 18.3. The number of hydrogen-bond donors (Lipinski definition) is 3. The van der Waals surface area contributed by atoms with E-state index < -0.39 is 11.6 Å². The number of anilines is 1. The van der Waals surface area contributed by atoms with Crippen molar-refractivity contribution in [1.29, 1.82) is 0 Å². The molecule has 9 heteroatoms. The second kappa shape index (κ2) is 12.6. The van der Waals surface area contributed by atoms with Gasteiger partial charge in [-0.05, 0) is 49.6 Å². The SMILES string of the molecule is CCNC(=NCCc1cccc(C(=O)NC)c1)NC1CCN(c2ccc(F)cc2F)C1.I. The predicted molar refractivity (Wildman–Crippen MR) is 135 cm³/mol. The fourth-order valence-corrected chi connectivity index (χ4v) is 3.66. The average Bonchev–Trinajstić information content (AvgIpc) is 3.21.